The number of hydrogen-bond acceptors (Lipinski definition) is 4. The van der Waals surface area contributed by atoms with Gasteiger partial charge in [0.05, 0.1) is 17.7 Å². The standard InChI is InChI=1S/C17H19N5O.C2HF3O2/c1-10-11(2)20-16(19-10)17(23)21-14-5-7-15(8-6-14)22-9-18-12(3)13(22)4;3-2(4,5)1(6)7/h5-9H,1-4H3,(H,19,20)(H,21,23);(H,6,7). The van der Waals surface area contributed by atoms with Crippen LogP contribution in [0.25, 0.3) is 5.69 Å². The van der Waals surface area contributed by atoms with Crippen LogP contribution in [0, 0.1) is 27.7 Å². The summed E-state index contributed by atoms with van der Waals surface area (Å²) in [5.41, 5.74) is 5.56. The maximum atomic E-state index is 12.2. The average molecular weight is 423 g/mol. The summed E-state index contributed by atoms with van der Waals surface area (Å²) in [5, 5.41) is 9.96. The Bertz CT molecular complexity index is 1030. The SMILES string of the molecule is Cc1nc(C(=O)Nc2ccc(-n3cnc(C)c3C)cc2)[nH]c1C.O=C(O)C(F)(F)F. The Morgan fingerprint density at radius 3 is 2.03 bits per heavy atom. The number of hydrogen-bond donors (Lipinski definition) is 3. The fraction of sp³-hybridized carbons (Fsp3) is 0.263. The van der Waals surface area contributed by atoms with Gasteiger partial charge < -0.3 is 20.0 Å². The number of anilines is 1. The number of alkyl halides is 3. The molecule has 0 saturated heterocycles. The third kappa shape index (κ3) is 5.46. The molecule has 3 rings (SSSR count). The van der Waals surface area contributed by atoms with Gasteiger partial charge in [0.25, 0.3) is 5.91 Å². The first-order valence-corrected chi connectivity index (χ1v) is 8.65. The Morgan fingerprint density at radius 1 is 1.07 bits per heavy atom. The first kappa shape index (κ1) is 22.7. The summed E-state index contributed by atoms with van der Waals surface area (Å²) in [6, 6.07) is 7.63. The number of rotatable bonds is 3. The van der Waals surface area contributed by atoms with Gasteiger partial charge in [-0.3, -0.25) is 4.79 Å². The molecule has 0 radical (unpaired) electrons. The Morgan fingerprint density at radius 2 is 1.63 bits per heavy atom. The van der Waals surface area contributed by atoms with Crippen molar-refractivity contribution in [2.24, 2.45) is 0 Å². The molecule has 2 heterocycles. The molecule has 0 saturated carbocycles. The number of nitrogens with zero attached hydrogens (tertiary/aromatic N) is 3. The van der Waals surface area contributed by atoms with Gasteiger partial charge in [-0.15, -0.1) is 0 Å². The lowest BCUT2D eigenvalue weighted by Crippen LogP contribution is -2.21. The van der Waals surface area contributed by atoms with E-state index in [-0.39, 0.29) is 5.91 Å². The Kier molecular flexibility index (Phi) is 6.65. The predicted octanol–water partition coefficient (Wildman–Crippen LogP) is 3.71. The highest BCUT2D eigenvalue weighted by Gasteiger charge is 2.38. The monoisotopic (exact) mass is 423 g/mol. The van der Waals surface area contributed by atoms with Crippen LogP contribution in [-0.4, -0.2) is 42.7 Å². The van der Waals surface area contributed by atoms with E-state index in [1.54, 1.807) is 6.33 Å². The van der Waals surface area contributed by atoms with Crippen molar-refractivity contribution in [1.29, 1.82) is 0 Å². The maximum absolute atomic E-state index is 12.2. The fourth-order valence-electron chi connectivity index (χ4n) is 2.31. The third-order valence-electron chi connectivity index (χ3n) is 4.24. The number of halogens is 3. The van der Waals surface area contributed by atoms with E-state index in [0.29, 0.717) is 5.82 Å². The first-order valence-electron chi connectivity index (χ1n) is 8.65. The van der Waals surface area contributed by atoms with E-state index in [9.17, 15) is 18.0 Å². The topological polar surface area (TPSA) is 113 Å². The van der Waals surface area contributed by atoms with E-state index < -0.39 is 12.1 Å². The highest BCUT2D eigenvalue weighted by Crippen LogP contribution is 2.17. The molecule has 2 aromatic heterocycles. The molecule has 0 aliphatic carbocycles. The molecule has 0 unspecified atom stereocenters. The summed E-state index contributed by atoms with van der Waals surface area (Å²) in [5.74, 6) is -2.68. The molecule has 3 N–H and O–H groups in total. The van der Waals surface area contributed by atoms with Crippen LogP contribution in [0.15, 0.2) is 30.6 Å². The zero-order chi connectivity index (χ0) is 22.6. The van der Waals surface area contributed by atoms with Crippen molar-refractivity contribution >= 4 is 17.6 Å². The number of carbonyl (C=O) groups is 2. The molecule has 160 valence electrons. The van der Waals surface area contributed by atoms with Crippen LogP contribution in [0.5, 0.6) is 0 Å². The van der Waals surface area contributed by atoms with Crippen molar-refractivity contribution in [2.45, 2.75) is 33.9 Å². The van der Waals surface area contributed by atoms with Crippen molar-refractivity contribution in [3.8, 4) is 5.69 Å². The smallest absolute Gasteiger partial charge is 0.475 e. The minimum Gasteiger partial charge on any atom is -0.475 e. The Labute approximate surface area is 169 Å². The third-order valence-corrected chi connectivity index (χ3v) is 4.24. The molecule has 1 amide bonds. The molecule has 0 aliphatic rings. The summed E-state index contributed by atoms with van der Waals surface area (Å²) in [6.45, 7) is 7.77. The van der Waals surface area contributed by atoms with E-state index in [1.807, 2.05) is 56.5 Å². The number of imidazole rings is 2. The van der Waals surface area contributed by atoms with Gasteiger partial charge in [-0.25, -0.2) is 14.8 Å². The second-order valence-electron chi connectivity index (χ2n) is 6.39. The van der Waals surface area contributed by atoms with Crippen LogP contribution in [-0.2, 0) is 4.79 Å². The molecule has 1 aromatic carbocycles. The van der Waals surface area contributed by atoms with Gasteiger partial charge in [0, 0.05) is 22.8 Å². The fourth-order valence-corrected chi connectivity index (χ4v) is 2.31. The molecular weight excluding hydrogens is 403 g/mol. The number of aromatic nitrogens is 4. The number of amides is 1. The average Bonchev–Trinajstić information content (AvgIpc) is 3.18. The summed E-state index contributed by atoms with van der Waals surface area (Å²) in [6.07, 6.45) is -3.29. The maximum Gasteiger partial charge on any atom is 0.490 e. The Hall–Kier alpha value is -3.63. The molecule has 11 heteroatoms. The van der Waals surface area contributed by atoms with Crippen molar-refractivity contribution in [3.63, 3.8) is 0 Å². The molecule has 3 aromatic rings. The van der Waals surface area contributed by atoms with Crippen LogP contribution >= 0.6 is 0 Å². The Balaban J connectivity index is 0.000000396. The quantitative estimate of drug-likeness (QED) is 0.594. The molecule has 30 heavy (non-hydrogen) atoms. The first-order chi connectivity index (χ1) is 13.9. The number of aliphatic carboxylic acids is 1. The molecule has 0 atom stereocenters. The van der Waals surface area contributed by atoms with Crippen LogP contribution in [0.4, 0.5) is 18.9 Å². The summed E-state index contributed by atoms with van der Waals surface area (Å²) in [7, 11) is 0. The van der Waals surface area contributed by atoms with Gasteiger partial charge >= 0.3 is 12.1 Å². The van der Waals surface area contributed by atoms with Crippen LogP contribution in [0.1, 0.15) is 33.4 Å². The van der Waals surface area contributed by atoms with E-state index in [2.05, 4.69) is 20.3 Å². The predicted molar refractivity (Wildman–Crippen MR) is 103 cm³/mol. The number of carboxylic acid groups (broad SMARTS) is 1. The van der Waals surface area contributed by atoms with Crippen LogP contribution in [0.2, 0.25) is 0 Å². The van der Waals surface area contributed by atoms with Crippen molar-refractivity contribution in [3.05, 3.63) is 59.2 Å². The second-order valence-corrected chi connectivity index (χ2v) is 6.39. The molecular formula is C19H20F3N5O3. The van der Waals surface area contributed by atoms with Crippen molar-refractivity contribution in [2.75, 3.05) is 5.32 Å². The van der Waals surface area contributed by atoms with E-state index >= 15 is 0 Å². The number of nitrogens with one attached hydrogen (secondary N) is 2. The van der Waals surface area contributed by atoms with Gasteiger partial charge in [0.2, 0.25) is 0 Å². The van der Waals surface area contributed by atoms with Gasteiger partial charge in [0.15, 0.2) is 5.82 Å². The van der Waals surface area contributed by atoms with Crippen molar-refractivity contribution < 1.29 is 27.9 Å². The number of carbonyl (C=O) groups excluding carboxylic acids is 1. The van der Waals surface area contributed by atoms with Crippen LogP contribution in [0.3, 0.4) is 0 Å². The molecule has 0 spiro atoms. The molecule has 0 bridgehead atoms. The molecule has 0 fully saturated rings. The molecule has 8 nitrogen and oxygen atoms in total. The number of benzene rings is 1. The second kappa shape index (κ2) is 8.80. The van der Waals surface area contributed by atoms with Gasteiger partial charge in [0.1, 0.15) is 0 Å². The largest absolute Gasteiger partial charge is 0.490 e. The number of aromatic amines is 1. The lowest BCUT2D eigenvalue weighted by Gasteiger charge is -2.08. The van der Waals surface area contributed by atoms with Gasteiger partial charge in [-0.2, -0.15) is 13.2 Å². The van der Waals surface area contributed by atoms with Crippen molar-refractivity contribution in [1.82, 2.24) is 19.5 Å². The highest BCUT2D eigenvalue weighted by molar-refractivity contribution is 6.01. The number of H-pyrrole nitrogens is 1. The zero-order valence-electron chi connectivity index (χ0n) is 16.6. The minimum atomic E-state index is -5.08. The highest BCUT2D eigenvalue weighted by atomic mass is 19.4. The lowest BCUT2D eigenvalue weighted by atomic mass is 10.2. The molecule has 0 aliphatic heterocycles. The number of carboxylic acids is 1. The van der Waals surface area contributed by atoms with Crippen LogP contribution < -0.4 is 5.32 Å². The number of aryl methyl sites for hydroxylation is 3. The van der Waals surface area contributed by atoms with Gasteiger partial charge in [-0.05, 0) is 52.0 Å². The normalized spacial score (nSPS) is 10.9. The summed E-state index contributed by atoms with van der Waals surface area (Å²) >= 11 is 0. The van der Waals surface area contributed by atoms with E-state index in [4.69, 9.17) is 9.90 Å². The summed E-state index contributed by atoms with van der Waals surface area (Å²) < 4.78 is 33.8. The minimum absolute atomic E-state index is 0.247. The van der Waals surface area contributed by atoms with E-state index in [1.165, 1.54) is 0 Å². The van der Waals surface area contributed by atoms with Gasteiger partial charge in [-0.1, -0.05) is 0 Å². The van der Waals surface area contributed by atoms with E-state index in [0.717, 1.165) is 34.2 Å². The lowest BCUT2D eigenvalue weighted by molar-refractivity contribution is -0.192. The zero-order valence-corrected chi connectivity index (χ0v) is 16.6. The summed E-state index contributed by atoms with van der Waals surface area (Å²) in [4.78, 5) is 32.5.